The van der Waals surface area contributed by atoms with Crippen molar-refractivity contribution in [3.8, 4) is 0 Å². The van der Waals surface area contributed by atoms with Crippen molar-refractivity contribution in [2.45, 2.75) is 18.9 Å². The normalized spacial score (nSPS) is 12.6. The van der Waals surface area contributed by atoms with Crippen molar-refractivity contribution < 1.29 is 4.39 Å². The van der Waals surface area contributed by atoms with Gasteiger partial charge in [-0.2, -0.15) is 5.10 Å². The molecule has 0 amide bonds. The monoisotopic (exact) mass is 325 g/mol. The standard InChI is InChI=1S/C14H17BrFN3/c1-17-14(6-3-10-8-18-19(2)9-10)12-5-4-11(16)7-13(12)15/h4-5,7-9,14,17H,3,6H2,1-2H3. The lowest BCUT2D eigenvalue weighted by Gasteiger charge is -2.17. The lowest BCUT2D eigenvalue weighted by atomic mass is 10.0. The summed E-state index contributed by atoms with van der Waals surface area (Å²) in [7, 11) is 3.83. The summed E-state index contributed by atoms with van der Waals surface area (Å²) in [6.07, 6.45) is 5.77. The van der Waals surface area contributed by atoms with Crippen LogP contribution in [0.2, 0.25) is 0 Å². The number of hydrogen-bond donors (Lipinski definition) is 1. The maximum absolute atomic E-state index is 13.1. The van der Waals surface area contributed by atoms with E-state index in [1.165, 1.54) is 17.7 Å². The highest BCUT2D eigenvalue weighted by Gasteiger charge is 2.13. The summed E-state index contributed by atoms with van der Waals surface area (Å²) in [5.41, 5.74) is 2.29. The van der Waals surface area contributed by atoms with Crippen LogP contribution in [-0.2, 0) is 13.5 Å². The molecule has 0 radical (unpaired) electrons. The molecule has 0 saturated heterocycles. The molecule has 1 aromatic carbocycles. The van der Waals surface area contributed by atoms with Crippen LogP contribution in [0.4, 0.5) is 4.39 Å². The Morgan fingerprint density at radius 2 is 2.26 bits per heavy atom. The van der Waals surface area contributed by atoms with E-state index in [0.717, 1.165) is 22.9 Å². The topological polar surface area (TPSA) is 29.9 Å². The van der Waals surface area contributed by atoms with E-state index in [4.69, 9.17) is 0 Å². The molecule has 3 nitrogen and oxygen atoms in total. The number of halogens is 2. The molecular weight excluding hydrogens is 309 g/mol. The Hall–Kier alpha value is -1.20. The molecule has 19 heavy (non-hydrogen) atoms. The van der Waals surface area contributed by atoms with Crippen LogP contribution in [0.15, 0.2) is 35.1 Å². The fourth-order valence-corrected chi connectivity index (χ4v) is 2.78. The van der Waals surface area contributed by atoms with Crippen molar-refractivity contribution in [1.29, 1.82) is 0 Å². The molecule has 102 valence electrons. The number of aromatic nitrogens is 2. The van der Waals surface area contributed by atoms with E-state index in [1.54, 1.807) is 4.68 Å². The second-order valence-corrected chi connectivity index (χ2v) is 5.42. The lowest BCUT2D eigenvalue weighted by Crippen LogP contribution is -2.17. The third-order valence-corrected chi connectivity index (χ3v) is 3.85. The molecule has 2 rings (SSSR count). The van der Waals surface area contributed by atoms with Crippen LogP contribution in [0.3, 0.4) is 0 Å². The first-order valence-corrected chi connectivity index (χ1v) is 6.99. The summed E-state index contributed by atoms with van der Waals surface area (Å²) >= 11 is 3.42. The maximum atomic E-state index is 13.1. The first-order chi connectivity index (χ1) is 9.10. The average molecular weight is 326 g/mol. The Labute approximate surface area is 121 Å². The minimum atomic E-state index is -0.224. The third-order valence-electron chi connectivity index (χ3n) is 3.17. The largest absolute Gasteiger partial charge is 0.313 e. The van der Waals surface area contributed by atoms with Crippen molar-refractivity contribution in [2.75, 3.05) is 7.05 Å². The highest BCUT2D eigenvalue weighted by atomic mass is 79.9. The molecule has 5 heteroatoms. The maximum Gasteiger partial charge on any atom is 0.124 e. The van der Waals surface area contributed by atoms with Gasteiger partial charge in [-0.05, 0) is 43.1 Å². The molecule has 1 aromatic heterocycles. The Balaban J connectivity index is 2.07. The zero-order valence-electron chi connectivity index (χ0n) is 11.0. The molecule has 0 aliphatic rings. The molecule has 0 aliphatic heterocycles. The number of rotatable bonds is 5. The van der Waals surface area contributed by atoms with E-state index in [2.05, 4.69) is 26.3 Å². The zero-order valence-corrected chi connectivity index (χ0v) is 12.6. The molecule has 1 atom stereocenters. The van der Waals surface area contributed by atoms with Crippen molar-refractivity contribution in [3.05, 3.63) is 52.0 Å². The Bertz CT molecular complexity index is 553. The van der Waals surface area contributed by atoms with Gasteiger partial charge in [0, 0.05) is 23.8 Å². The minimum absolute atomic E-state index is 0.190. The molecule has 1 N–H and O–H groups in total. The summed E-state index contributed by atoms with van der Waals surface area (Å²) in [5.74, 6) is -0.224. The summed E-state index contributed by atoms with van der Waals surface area (Å²) in [6, 6.07) is 5.01. The summed E-state index contributed by atoms with van der Waals surface area (Å²) in [5, 5.41) is 7.44. The van der Waals surface area contributed by atoms with Crippen molar-refractivity contribution in [1.82, 2.24) is 15.1 Å². The van der Waals surface area contributed by atoms with Crippen molar-refractivity contribution in [2.24, 2.45) is 7.05 Å². The molecule has 0 spiro atoms. The molecule has 0 aliphatic carbocycles. The van der Waals surface area contributed by atoms with Gasteiger partial charge in [-0.15, -0.1) is 0 Å². The van der Waals surface area contributed by atoms with Gasteiger partial charge in [-0.25, -0.2) is 4.39 Å². The minimum Gasteiger partial charge on any atom is -0.313 e. The number of hydrogen-bond acceptors (Lipinski definition) is 2. The van der Waals surface area contributed by atoms with Gasteiger partial charge in [0.2, 0.25) is 0 Å². The molecule has 2 aromatic rings. The van der Waals surface area contributed by atoms with Gasteiger partial charge in [0.05, 0.1) is 6.20 Å². The molecule has 0 bridgehead atoms. The molecule has 0 fully saturated rings. The summed E-state index contributed by atoms with van der Waals surface area (Å²) in [6.45, 7) is 0. The van der Waals surface area contributed by atoms with E-state index >= 15 is 0 Å². The smallest absolute Gasteiger partial charge is 0.124 e. The summed E-state index contributed by atoms with van der Waals surface area (Å²) in [4.78, 5) is 0. The predicted octanol–water partition coefficient (Wildman–Crippen LogP) is 3.22. The third kappa shape index (κ3) is 3.64. The first kappa shape index (κ1) is 14.2. The number of nitrogens with one attached hydrogen (secondary N) is 1. The van der Waals surface area contributed by atoms with Gasteiger partial charge in [0.25, 0.3) is 0 Å². The number of benzene rings is 1. The summed E-state index contributed by atoms with van der Waals surface area (Å²) < 4.78 is 15.7. The van der Waals surface area contributed by atoms with E-state index in [0.29, 0.717) is 0 Å². The average Bonchev–Trinajstić information content (AvgIpc) is 2.78. The van der Waals surface area contributed by atoms with Crippen LogP contribution >= 0.6 is 15.9 Å². The predicted molar refractivity (Wildman–Crippen MR) is 77.4 cm³/mol. The van der Waals surface area contributed by atoms with Crippen molar-refractivity contribution in [3.63, 3.8) is 0 Å². The Kier molecular flexibility index (Phi) is 4.71. The van der Waals surface area contributed by atoms with Crippen LogP contribution in [-0.4, -0.2) is 16.8 Å². The van der Waals surface area contributed by atoms with E-state index in [-0.39, 0.29) is 11.9 Å². The Morgan fingerprint density at radius 3 is 2.84 bits per heavy atom. The molecular formula is C14H17BrFN3. The highest BCUT2D eigenvalue weighted by Crippen LogP contribution is 2.27. The van der Waals surface area contributed by atoms with Gasteiger partial charge in [-0.3, -0.25) is 4.68 Å². The fraction of sp³-hybridized carbons (Fsp3) is 0.357. The van der Waals surface area contributed by atoms with Gasteiger partial charge in [0.15, 0.2) is 0 Å². The van der Waals surface area contributed by atoms with Crippen LogP contribution in [0, 0.1) is 5.82 Å². The lowest BCUT2D eigenvalue weighted by molar-refractivity contribution is 0.544. The highest BCUT2D eigenvalue weighted by molar-refractivity contribution is 9.10. The zero-order chi connectivity index (χ0) is 13.8. The van der Waals surface area contributed by atoms with Crippen LogP contribution in [0.1, 0.15) is 23.6 Å². The molecule has 0 saturated carbocycles. The van der Waals surface area contributed by atoms with E-state index < -0.39 is 0 Å². The van der Waals surface area contributed by atoms with E-state index in [1.807, 2.05) is 32.6 Å². The van der Waals surface area contributed by atoms with Gasteiger partial charge < -0.3 is 5.32 Å². The van der Waals surface area contributed by atoms with Gasteiger partial charge in [-0.1, -0.05) is 22.0 Å². The van der Waals surface area contributed by atoms with Gasteiger partial charge in [0.1, 0.15) is 5.82 Å². The van der Waals surface area contributed by atoms with Crippen LogP contribution in [0.25, 0.3) is 0 Å². The van der Waals surface area contributed by atoms with E-state index in [9.17, 15) is 4.39 Å². The second-order valence-electron chi connectivity index (χ2n) is 4.57. The van der Waals surface area contributed by atoms with Crippen LogP contribution in [0.5, 0.6) is 0 Å². The first-order valence-electron chi connectivity index (χ1n) is 6.20. The van der Waals surface area contributed by atoms with Crippen molar-refractivity contribution >= 4 is 15.9 Å². The molecule has 1 unspecified atom stereocenters. The SMILES string of the molecule is CNC(CCc1cnn(C)c1)c1ccc(F)cc1Br. The molecule has 1 heterocycles. The number of aryl methyl sites for hydroxylation is 2. The quantitative estimate of drug-likeness (QED) is 0.914. The Morgan fingerprint density at radius 1 is 1.47 bits per heavy atom. The second kappa shape index (κ2) is 6.30. The fourth-order valence-electron chi connectivity index (χ4n) is 2.15. The van der Waals surface area contributed by atoms with Gasteiger partial charge >= 0.3 is 0 Å². The number of nitrogens with zero attached hydrogens (tertiary/aromatic N) is 2. The van der Waals surface area contributed by atoms with Crippen LogP contribution < -0.4 is 5.32 Å².